The Kier molecular flexibility index (Phi) is 2.08. The van der Waals surface area contributed by atoms with E-state index in [0.29, 0.717) is 5.56 Å². The lowest BCUT2D eigenvalue weighted by molar-refractivity contribution is 0.368. The van der Waals surface area contributed by atoms with E-state index in [2.05, 4.69) is 10.8 Å². The van der Waals surface area contributed by atoms with Gasteiger partial charge in [-0.25, -0.2) is 4.39 Å². The van der Waals surface area contributed by atoms with E-state index in [1.807, 2.05) is 0 Å². The van der Waals surface area contributed by atoms with Crippen LogP contribution in [0.3, 0.4) is 0 Å². The van der Waals surface area contributed by atoms with Crippen molar-refractivity contribution in [3.05, 3.63) is 29.3 Å². The highest BCUT2D eigenvalue weighted by atomic mass is 19.2. The molecule has 0 saturated heterocycles. The minimum atomic E-state index is -1.01. The molecule has 0 N–H and O–H groups in total. The van der Waals surface area contributed by atoms with Gasteiger partial charge in [-0.3, -0.25) is 0 Å². The molecule has 1 aromatic carbocycles. The van der Waals surface area contributed by atoms with E-state index < -0.39 is 11.6 Å². The summed E-state index contributed by atoms with van der Waals surface area (Å²) in [4.78, 5) is 0. The van der Waals surface area contributed by atoms with Crippen molar-refractivity contribution >= 4 is 0 Å². The first-order valence-corrected chi connectivity index (χ1v) is 3.07. The average Bonchev–Trinajstić information content (AvgIpc) is 1.99. The van der Waals surface area contributed by atoms with Gasteiger partial charge in [-0.2, -0.15) is 4.39 Å². The number of ether oxygens (including phenoxy) is 1. The summed E-state index contributed by atoms with van der Waals surface area (Å²) in [5.41, 5.74) is 0.534. The van der Waals surface area contributed by atoms with E-state index in [4.69, 9.17) is 0 Å². The summed E-state index contributed by atoms with van der Waals surface area (Å²) in [6, 6.07) is 3.47. The van der Waals surface area contributed by atoms with E-state index >= 15 is 0 Å². The first-order valence-electron chi connectivity index (χ1n) is 3.07. The molecule has 3 heteroatoms. The number of hydrogen-bond donors (Lipinski definition) is 0. The molecule has 0 fully saturated rings. The van der Waals surface area contributed by atoms with Gasteiger partial charge in [-0.05, 0) is 18.6 Å². The maximum absolute atomic E-state index is 12.7. The molecule has 0 aliphatic heterocycles. The predicted molar refractivity (Wildman–Crippen MR) is 36.5 cm³/mol. The van der Waals surface area contributed by atoms with Crippen molar-refractivity contribution in [2.24, 2.45) is 0 Å². The normalized spacial score (nSPS) is 9.82. The highest BCUT2D eigenvalue weighted by Gasteiger charge is 2.10. The largest absolute Gasteiger partial charge is 0.493 e. The van der Waals surface area contributed by atoms with Crippen LogP contribution in [0.25, 0.3) is 0 Å². The van der Waals surface area contributed by atoms with Gasteiger partial charge in [0.15, 0.2) is 11.6 Å². The molecule has 0 amide bonds. The lowest BCUT2D eigenvalue weighted by Gasteiger charge is -2.04. The molecule has 0 atom stereocenters. The molecule has 0 bridgehead atoms. The maximum atomic E-state index is 12.7. The lowest BCUT2D eigenvalue weighted by Crippen LogP contribution is -1.94. The monoisotopic (exact) mass is 157 g/mol. The van der Waals surface area contributed by atoms with Crippen molar-refractivity contribution in [2.45, 2.75) is 6.92 Å². The molecule has 1 aromatic rings. The smallest absolute Gasteiger partial charge is 0.201 e. The van der Waals surface area contributed by atoms with Crippen molar-refractivity contribution in [3.8, 4) is 5.75 Å². The summed E-state index contributed by atoms with van der Waals surface area (Å²) in [6.07, 6.45) is 0. The second-order valence-corrected chi connectivity index (χ2v) is 2.13. The van der Waals surface area contributed by atoms with Gasteiger partial charge < -0.3 is 4.74 Å². The Morgan fingerprint density at radius 1 is 1.45 bits per heavy atom. The summed E-state index contributed by atoms with van der Waals surface area (Å²) < 4.78 is 29.8. The van der Waals surface area contributed by atoms with Crippen LogP contribution in [0.4, 0.5) is 8.78 Å². The molecule has 1 radical (unpaired) electrons. The fourth-order valence-electron chi connectivity index (χ4n) is 0.824. The Morgan fingerprint density at radius 3 is 2.55 bits per heavy atom. The third-order valence-electron chi connectivity index (χ3n) is 1.37. The fourth-order valence-corrected chi connectivity index (χ4v) is 0.824. The molecule has 1 rings (SSSR count). The van der Waals surface area contributed by atoms with Crippen LogP contribution in [0.1, 0.15) is 5.56 Å². The van der Waals surface area contributed by atoms with Crippen LogP contribution in [-0.2, 0) is 0 Å². The molecule has 0 aliphatic carbocycles. The summed E-state index contributed by atoms with van der Waals surface area (Å²) in [5.74, 6) is -2.04. The molecule has 0 heterocycles. The Balaban J connectivity index is 3.29. The van der Waals surface area contributed by atoms with Gasteiger partial charge >= 0.3 is 0 Å². The van der Waals surface area contributed by atoms with Gasteiger partial charge in [0, 0.05) is 6.07 Å². The predicted octanol–water partition coefficient (Wildman–Crippen LogP) is 2.08. The molecule has 0 spiro atoms. The van der Waals surface area contributed by atoms with Crippen LogP contribution in [0.5, 0.6) is 5.75 Å². The zero-order chi connectivity index (χ0) is 8.43. The summed E-state index contributed by atoms with van der Waals surface area (Å²) >= 11 is 0. The third kappa shape index (κ3) is 1.31. The maximum Gasteiger partial charge on any atom is 0.201 e. The number of hydrogen-bond acceptors (Lipinski definition) is 1. The second kappa shape index (κ2) is 2.86. The molecule has 11 heavy (non-hydrogen) atoms. The molecule has 0 unspecified atom stereocenters. The molecule has 0 aliphatic rings. The number of rotatable bonds is 1. The average molecular weight is 157 g/mol. The minimum absolute atomic E-state index is 0.0544. The molecular weight excluding hydrogens is 150 g/mol. The first-order chi connectivity index (χ1) is 5.16. The fraction of sp³-hybridized carbons (Fsp3) is 0.250. The Hall–Kier alpha value is -1.12. The van der Waals surface area contributed by atoms with E-state index in [1.165, 1.54) is 13.2 Å². The third-order valence-corrected chi connectivity index (χ3v) is 1.37. The Morgan fingerprint density at radius 2 is 2.09 bits per heavy atom. The Bertz CT molecular complexity index is 271. The summed E-state index contributed by atoms with van der Waals surface area (Å²) in [7, 11) is 1.30. The van der Waals surface area contributed by atoms with Crippen LogP contribution >= 0.6 is 0 Å². The van der Waals surface area contributed by atoms with Crippen LogP contribution in [-0.4, -0.2) is 7.11 Å². The standard InChI is InChI=1S/C8H7F2O/c1-5-3-4-6(9)7(10)8(5)11-2/h3H,1-2H3. The SMILES string of the molecule is COc1c(C)c[c]c(F)c1F. The molecule has 1 nitrogen and oxygen atoms in total. The molecule has 59 valence electrons. The quantitative estimate of drug-likeness (QED) is 0.606. The van der Waals surface area contributed by atoms with E-state index in [9.17, 15) is 8.78 Å². The van der Waals surface area contributed by atoms with E-state index in [0.717, 1.165) is 0 Å². The molecule has 0 saturated carbocycles. The van der Waals surface area contributed by atoms with Crippen LogP contribution in [0, 0.1) is 24.6 Å². The van der Waals surface area contributed by atoms with Gasteiger partial charge in [0.25, 0.3) is 0 Å². The van der Waals surface area contributed by atoms with Crippen LogP contribution in [0.15, 0.2) is 6.07 Å². The number of aryl methyl sites for hydroxylation is 1. The minimum Gasteiger partial charge on any atom is -0.493 e. The van der Waals surface area contributed by atoms with Gasteiger partial charge in [-0.1, -0.05) is 0 Å². The van der Waals surface area contributed by atoms with Crippen LogP contribution < -0.4 is 4.74 Å². The lowest BCUT2D eigenvalue weighted by atomic mass is 10.2. The Labute approximate surface area is 63.6 Å². The summed E-state index contributed by atoms with van der Waals surface area (Å²) in [5, 5.41) is 0. The summed E-state index contributed by atoms with van der Waals surface area (Å²) in [6.45, 7) is 1.62. The highest BCUT2D eigenvalue weighted by molar-refractivity contribution is 5.33. The second-order valence-electron chi connectivity index (χ2n) is 2.13. The number of methoxy groups -OCH3 is 1. The van der Waals surface area contributed by atoms with E-state index in [-0.39, 0.29) is 5.75 Å². The van der Waals surface area contributed by atoms with Gasteiger partial charge in [-0.15, -0.1) is 0 Å². The van der Waals surface area contributed by atoms with Crippen LogP contribution in [0.2, 0.25) is 0 Å². The van der Waals surface area contributed by atoms with Crippen molar-refractivity contribution < 1.29 is 13.5 Å². The van der Waals surface area contributed by atoms with Crippen molar-refractivity contribution in [2.75, 3.05) is 7.11 Å². The first kappa shape index (κ1) is 7.98. The van der Waals surface area contributed by atoms with Gasteiger partial charge in [0.05, 0.1) is 7.11 Å². The zero-order valence-electron chi connectivity index (χ0n) is 6.24. The zero-order valence-corrected chi connectivity index (χ0v) is 6.24. The molecule has 0 aromatic heterocycles. The molecular formula is C8H7F2O. The number of benzene rings is 1. The number of halogens is 2. The van der Waals surface area contributed by atoms with Crippen molar-refractivity contribution in [1.29, 1.82) is 0 Å². The topological polar surface area (TPSA) is 9.23 Å². The highest BCUT2D eigenvalue weighted by Crippen LogP contribution is 2.22. The van der Waals surface area contributed by atoms with Crippen molar-refractivity contribution in [3.63, 3.8) is 0 Å². The van der Waals surface area contributed by atoms with Gasteiger partial charge in [0.2, 0.25) is 5.82 Å². The van der Waals surface area contributed by atoms with Crippen molar-refractivity contribution in [1.82, 2.24) is 0 Å². The van der Waals surface area contributed by atoms with Gasteiger partial charge in [0.1, 0.15) is 0 Å². The van der Waals surface area contributed by atoms with E-state index in [1.54, 1.807) is 6.92 Å².